The first-order valence-electron chi connectivity index (χ1n) is 28.5. The molecule has 4 atom stereocenters. The normalized spacial score (nSPS) is 12.9. The molecule has 17 nitrogen and oxygen atoms in total. The van der Waals surface area contributed by atoms with E-state index in [-0.39, 0.29) is 44.4 Å². The fraction of sp³-hybridized carbons (Fsp3) is 0.724. The Hall–Kier alpha value is -5.16. The fourth-order valence-electron chi connectivity index (χ4n) is 8.27. The summed E-state index contributed by atoms with van der Waals surface area (Å²) in [5, 5.41) is 7.77. The molecule has 75 heavy (non-hydrogen) atoms. The molecule has 0 aliphatic rings. The Balaban J connectivity index is 2.64. The van der Waals surface area contributed by atoms with Crippen molar-refractivity contribution in [3.05, 3.63) is 48.0 Å². The standard InChI is InChI=1S/C58H98N6O11/c1-5-7-9-11-13-15-17-19-21-23-25-30-38-73-45-49(74-39-31-26-24-22-20-18-16-14-12-10-8-6-2)41-61-53(67)35-34-50(57(60)71)63-54(68)36-37-55(69)64(43-52(59)66)42-51(65)47(4)62-58(72)46(3)40-56(70)75-44-48-32-28-27-29-33-48/h27-29,32-33,36-37,46-47,49-50H,5-26,30-31,34-35,38-45H2,1-4H3,(H2,59,66)(H2,60,71)(H,61,67)(H,62,72)(H,63,68)/b37-36+/t46-,47+,49?,50+/m1/s1. The van der Waals surface area contributed by atoms with Gasteiger partial charge in [-0.1, -0.05) is 192 Å². The van der Waals surface area contributed by atoms with Crippen molar-refractivity contribution < 1.29 is 52.6 Å². The molecule has 426 valence electrons. The van der Waals surface area contributed by atoms with E-state index in [1.807, 2.05) is 6.07 Å². The van der Waals surface area contributed by atoms with Gasteiger partial charge in [0.25, 0.3) is 0 Å². The number of hydrogen-bond donors (Lipinski definition) is 5. The summed E-state index contributed by atoms with van der Waals surface area (Å²) in [7, 11) is 0. The molecule has 1 aromatic carbocycles. The second kappa shape index (κ2) is 45.1. The minimum absolute atomic E-state index is 0.0418. The van der Waals surface area contributed by atoms with Gasteiger partial charge in [-0.3, -0.25) is 38.4 Å². The van der Waals surface area contributed by atoms with Gasteiger partial charge < -0.3 is 46.5 Å². The van der Waals surface area contributed by atoms with E-state index < -0.39 is 72.4 Å². The summed E-state index contributed by atoms with van der Waals surface area (Å²) in [4.78, 5) is 102. The van der Waals surface area contributed by atoms with Crippen LogP contribution in [0.3, 0.4) is 0 Å². The van der Waals surface area contributed by atoms with Crippen LogP contribution >= 0.6 is 0 Å². The van der Waals surface area contributed by atoms with Crippen molar-refractivity contribution in [1.82, 2.24) is 20.9 Å². The summed E-state index contributed by atoms with van der Waals surface area (Å²) in [5.74, 6) is -6.78. The highest BCUT2D eigenvalue weighted by atomic mass is 16.5. The molecule has 0 aliphatic carbocycles. The third kappa shape index (κ3) is 38.1. The van der Waals surface area contributed by atoms with Gasteiger partial charge in [0.05, 0.1) is 31.7 Å². The number of nitrogens with two attached hydrogens (primary N) is 2. The van der Waals surface area contributed by atoms with Crippen molar-refractivity contribution in [3.8, 4) is 0 Å². The average Bonchev–Trinajstić information content (AvgIpc) is 3.38. The Morgan fingerprint density at radius 3 is 1.68 bits per heavy atom. The van der Waals surface area contributed by atoms with Gasteiger partial charge in [-0.25, -0.2) is 0 Å². The van der Waals surface area contributed by atoms with Gasteiger partial charge in [0.15, 0.2) is 5.78 Å². The summed E-state index contributed by atoms with van der Waals surface area (Å²) >= 11 is 0. The summed E-state index contributed by atoms with van der Waals surface area (Å²) in [6.45, 7) is 7.76. The first-order valence-corrected chi connectivity index (χ1v) is 28.5. The van der Waals surface area contributed by atoms with Crippen LogP contribution in [0.1, 0.15) is 207 Å². The fourth-order valence-corrected chi connectivity index (χ4v) is 8.27. The molecular formula is C58H98N6O11. The lowest BCUT2D eigenvalue weighted by molar-refractivity contribution is -0.148. The molecule has 0 fully saturated rings. The Morgan fingerprint density at radius 1 is 0.640 bits per heavy atom. The Kier molecular flexibility index (Phi) is 40.8. The number of amides is 6. The number of nitrogens with zero attached hydrogens (tertiary/aromatic N) is 1. The van der Waals surface area contributed by atoms with E-state index in [0.717, 1.165) is 54.7 Å². The van der Waals surface area contributed by atoms with E-state index in [0.29, 0.717) is 19.8 Å². The van der Waals surface area contributed by atoms with Gasteiger partial charge in [-0.2, -0.15) is 0 Å². The molecule has 1 unspecified atom stereocenters. The largest absolute Gasteiger partial charge is 0.461 e. The Morgan fingerprint density at radius 2 is 1.16 bits per heavy atom. The molecule has 6 amide bonds. The molecule has 0 spiro atoms. The topological polar surface area (TPSA) is 256 Å². The first-order chi connectivity index (χ1) is 36.2. The second-order valence-corrected chi connectivity index (χ2v) is 20.1. The highest BCUT2D eigenvalue weighted by Crippen LogP contribution is 2.15. The number of unbranched alkanes of at least 4 members (excludes halogenated alkanes) is 22. The molecule has 1 rings (SSSR count). The zero-order valence-corrected chi connectivity index (χ0v) is 46.5. The monoisotopic (exact) mass is 1050 g/mol. The maximum atomic E-state index is 13.1. The third-order valence-electron chi connectivity index (χ3n) is 13.0. The van der Waals surface area contributed by atoms with Crippen LogP contribution < -0.4 is 27.4 Å². The van der Waals surface area contributed by atoms with E-state index in [9.17, 15) is 38.4 Å². The van der Waals surface area contributed by atoms with Crippen molar-refractivity contribution in [2.75, 3.05) is 39.5 Å². The zero-order valence-electron chi connectivity index (χ0n) is 46.5. The maximum Gasteiger partial charge on any atom is 0.306 e. The SMILES string of the molecule is CCCCCCCCCCCCCCOCC(CNC(=O)CC[C@H](NC(=O)/C=C/C(=O)N(CC(N)=O)CC(=O)[C@H](C)NC(=O)[C@H](C)CC(=O)OCc1ccccc1)C(N)=O)OCCCCCCCCCCCCCC. The van der Waals surface area contributed by atoms with E-state index in [1.165, 1.54) is 136 Å². The van der Waals surface area contributed by atoms with Gasteiger partial charge in [0.2, 0.25) is 35.4 Å². The molecule has 0 bridgehead atoms. The lowest BCUT2D eigenvalue weighted by Crippen LogP contribution is -2.48. The molecule has 0 heterocycles. The van der Waals surface area contributed by atoms with Crippen LogP contribution in [0.5, 0.6) is 0 Å². The van der Waals surface area contributed by atoms with Crippen LogP contribution in [-0.4, -0.2) is 110 Å². The molecule has 17 heteroatoms. The van der Waals surface area contributed by atoms with Crippen LogP contribution in [0, 0.1) is 5.92 Å². The number of hydrogen-bond acceptors (Lipinski definition) is 11. The Bertz CT molecular complexity index is 1780. The first kappa shape index (κ1) is 67.9. The lowest BCUT2D eigenvalue weighted by atomic mass is 10.1. The zero-order chi connectivity index (χ0) is 55.3. The number of ketones is 1. The molecule has 0 saturated heterocycles. The minimum atomic E-state index is -1.26. The van der Waals surface area contributed by atoms with Gasteiger partial charge >= 0.3 is 5.97 Å². The summed E-state index contributed by atoms with van der Waals surface area (Å²) in [6.07, 6.45) is 30.7. The highest BCUT2D eigenvalue weighted by Gasteiger charge is 2.26. The van der Waals surface area contributed by atoms with Crippen molar-refractivity contribution >= 4 is 47.2 Å². The Labute approximate surface area is 449 Å². The maximum absolute atomic E-state index is 13.1. The third-order valence-corrected chi connectivity index (χ3v) is 13.0. The second-order valence-electron chi connectivity index (χ2n) is 20.1. The molecule has 0 saturated carbocycles. The number of primary amides is 2. The number of ether oxygens (including phenoxy) is 3. The summed E-state index contributed by atoms with van der Waals surface area (Å²) < 4.78 is 17.5. The van der Waals surface area contributed by atoms with Gasteiger partial charge in [-0.05, 0) is 31.7 Å². The molecule has 0 radical (unpaired) electrons. The molecule has 1 aromatic rings. The van der Waals surface area contributed by atoms with Crippen LogP contribution in [0.25, 0.3) is 0 Å². The lowest BCUT2D eigenvalue weighted by Gasteiger charge is -2.22. The van der Waals surface area contributed by atoms with Gasteiger partial charge in [-0.15, -0.1) is 0 Å². The van der Waals surface area contributed by atoms with E-state index in [4.69, 9.17) is 25.7 Å². The van der Waals surface area contributed by atoms with E-state index >= 15 is 0 Å². The van der Waals surface area contributed by atoms with Crippen LogP contribution in [0.4, 0.5) is 0 Å². The quantitative estimate of drug-likeness (QED) is 0.0235. The molecular weight excluding hydrogens is 957 g/mol. The number of carbonyl (C=O) groups excluding carboxylic acids is 8. The number of Topliss-reactive ketones (excluding diaryl/α,β-unsaturated/α-hetero) is 1. The minimum Gasteiger partial charge on any atom is -0.461 e. The van der Waals surface area contributed by atoms with Crippen molar-refractivity contribution in [3.63, 3.8) is 0 Å². The van der Waals surface area contributed by atoms with Crippen LogP contribution in [-0.2, 0) is 59.2 Å². The molecule has 7 N–H and O–H groups in total. The molecule has 0 aromatic heterocycles. The molecule has 0 aliphatic heterocycles. The van der Waals surface area contributed by atoms with Crippen molar-refractivity contribution in [2.24, 2.45) is 17.4 Å². The number of esters is 1. The average molecular weight is 1060 g/mol. The van der Waals surface area contributed by atoms with Gasteiger partial charge in [0.1, 0.15) is 19.2 Å². The van der Waals surface area contributed by atoms with Crippen LogP contribution in [0.15, 0.2) is 42.5 Å². The van der Waals surface area contributed by atoms with E-state index in [2.05, 4.69) is 29.8 Å². The number of rotatable bonds is 49. The summed E-state index contributed by atoms with van der Waals surface area (Å²) in [5.41, 5.74) is 11.7. The van der Waals surface area contributed by atoms with Crippen molar-refractivity contribution in [2.45, 2.75) is 226 Å². The van der Waals surface area contributed by atoms with Crippen molar-refractivity contribution in [1.29, 1.82) is 0 Å². The predicted molar refractivity (Wildman–Crippen MR) is 294 cm³/mol. The number of benzene rings is 1. The number of carbonyl (C=O) groups is 8. The van der Waals surface area contributed by atoms with E-state index in [1.54, 1.807) is 24.3 Å². The highest BCUT2D eigenvalue weighted by molar-refractivity contribution is 6.01. The number of nitrogens with one attached hydrogen (secondary N) is 3. The predicted octanol–water partition coefficient (Wildman–Crippen LogP) is 8.37. The summed E-state index contributed by atoms with van der Waals surface area (Å²) in [6, 6.07) is 6.63. The smallest absolute Gasteiger partial charge is 0.306 e. The van der Waals surface area contributed by atoms with Gasteiger partial charge in [0, 0.05) is 44.2 Å². The van der Waals surface area contributed by atoms with Crippen LogP contribution in [0.2, 0.25) is 0 Å².